The molecule has 1 aliphatic heterocycles. The second kappa shape index (κ2) is 4.61. The molecular formula is C15H19N3. The summed E-state index contributed by atoms with van der Waals surface area (Å²) in [7, 11) is 0. The quantitative estimate of drug-likeness (QED) is 0.799. The van der Waals surface area contributed by atoms with Crippen LogP contribution in [0.3, 0.4) is 0 Å². The fourth-order valence-electron chi connectivity index (χ4n) is 3.30. The van der Waals surface area contributed by atoms with Crippen LogP contribution >= 0.6 is 0 Å². The van der Waals surface area contributed by atoms with Gasteiger partial charge in [0, 0.05) is 18.3 Å². The van der Waals surface area contributed by atoms with Crippen LogP contribution in [0, 0.1) is 11.3 Å². The van der Waals surface area contributed by atoms with Crippen molar-refractivity contribution in [3.05, 3.63) is 22.9 Å². The Morgan fingerprint density at radius 1 is 1.44 bits per heavy atom. The summed E-state index contributed by atoms with van der Waals surface area (Å²) in [5.74, 6) is 0.947. The fraction of sp³-hybridized carbons (Fsp3) is 0.600. The summed E-state index contributed by atoms with van der Waals surface area (Å²) in [5.41, 5.74) is 3.30. The second-order valence-corrected chi connectivity index (χ2v) is 5.33. The maximum absolute atomic E-state index is 9.35. The highest BCUT2D eigenvalue weighted by Gasteiger charge is 2.27. The SMILES string of the molecule is CCC1CCCN1c1nc2c(cc1C#N)CCC2. The molecule has 3 nitrogen and oxygen atoms in total. The van der Waals surface area contributed by atoms with Gasteiger partial charge in [-0.1, -0.05) is 6.92 Å². The third kappa shape index (κ3) is 1.77. The first-order valence-corrected chi connectivity index (χ1v) is 7.03. The first-order valence-electron chi connectivity index (χ1n) is 7.03. The van der Waals surface area contributed by atoms with Gasteiger partial charge in [-0.2, -0.15) is 5.26 Å². The van der Waals surface area contributed by atoms with Gasteiger partial charge in [0.25, 0.3) is 0 Å². The molecule has 1 fully saturated rings. The number of aromatic nitrogens is 1. The van der Waals surface area contributed by atoms with E-state index in [-0.39, 0.29) is 0 Å². The highest BCUT2D eigenvalue weighted by molar-refractivity contribution is 5.58. The summed E-state index contributed by atoms with van der Waals surface area (Å²) in [5, 5.41) is 9.35. The van der Waals surface area contributed by atoms with Crippen LogP contribution in [0.4, 0.5) is 5.82 Å². The maximum atomic E-state index is 9.35. The fourth-order valence-corrected chi connectivity index (χ4v) is 3.30. The standard InChI is InChI=1S/C15H19N3/c1-2-13-6-4-8-18(13)15-12(10-16)9-11-5-3-7-14(11)17-15/h9,13H,2-8H2,1H3. The van der Waals surface area contributed by atoms with Crippen LogP contribution in [0.5, 0.6) is 0 Å². The molecule has 3 rings (SSSR count). The van der Waals surface area contributed by atoms with Crippen molar-refractivity contribution in [2.24, 2.45) is 0 Å². The summed E-state index contributed by atoms with van der Waals surface area (Å²) in [6.45, 7) is 3.28. The molecule has 1 atom stereocenters. The molecule has 1 aromatic rings. The molecule has 0 N–H and O–H groups in total. The first kappa shape index (κ1) is 11.5. The minimum absolute atomic E-state index is 0.573. The molecular weight excluding hydrogens is 222 g/mol. The normalized spacial score (nSPS) is 22.0. The number of pyridine rings is 1. The van der Waals surface area contributed by atoms with Crippen molar-refractivity contribution < 1.29 is 0 Å². The summed E-state index contributed by atoms with van der Waals surface area (Å²) in [6.07, 6.45) is 6.97. The average molecular weight is 241 g/mol. The molecule has 2 aliphatic rings. The van der Waals surface area contributed by atoms with E-state index in [4.69, 9.17) is 4.98 Å². The molecule has 1 unspecified atom stereocenters. The highest BCUT2D eigenvalue weighted by atomic mass is 15.2. The van der Waals surface area contributed by atoms with E-state index >= 15 is 0 Å². The zero-order valence-corrected chi connectivity index (χ0v) is 10.9. The lowest BCUT2D eigenvalue weighted by molar-refractivity contribution is 0.639. The Balaban J connectivity index is 2.03. The van der Waals surface area contributed by atoms with Gasteiger partial charge in [-0.3, -0.25) is 0 Å². The van der Waals surface area contributed by atoms with Crippen LogP contribution in [0.25, 0.3) is 0 Å². The van der Waals surface area contributed by atoms with Crippen LogP contribution in [0.15, 0.2) is 6.07 Å². The second-order valence-electron chi connectivity index (χ2n) is 5.33. The lowest BCUT2D eigenvalue weighted by Crippen LogP contribution is -2.30. The summed E-state index contributed by atoms with van der Waals surface area (Å²) < 4.78 is 0. The number of nitriles is 1. The van der Waals surface area contributed by atoms with Gasteiger partial charge < -0.3 is 4.90 Å². The molecule has 1 aliphatic carbocycles. The molecule has 0 bridgehead atoms. The van der Waals surface area contributed by atoms with Crippen molar-refractivity contribution in [2.45, 2.75) is 51.5 Å². The van der Waals surface area contributed by atoms with Gasteiger partial charge in [0.2, 0.25) is 0 Å². The Hall–Kier alpha value is -1.56. The van der Waals surface area contributed by atoms with E-state index in [1.807, 2.05) is 0 Å². The van der Waals surface area contributed by atoms with E-state index < -0.39 is 0 Å². The summed E-state index contributed by atoms with van der Waals surface area (Å²) in [6, 6.07) is 4.99. The molecule has 0 spiro atoms. The number of anilines is 1. The van der Waals surface area contributed by atoms with Crippen LogP contribution in [-0.4, -0.2) is 17.6 Å². The van der Waals surface area contributed by atoms with E-state index in [2.05, 4.69) is 24.0 Å². The Labute approximate surface area is 108 Å². The lowest BCUT2D eigenvalue weighted by atomic mass is 10.1. The molecule has 0 radical (unpaired) electrons. The summed E-state index contributed by atoms with van der Waals surface area (Å²) in [4.78, 5) is 7.17. The smallest absolute Gasteiger partial charge is 0.147 e. The molecule has 94 valence electrons. The van der Waals surface area contributed by atoms with Gasteiger partial charge in [0.15, 0.2) is 0 Å². The number of aryl methyl sites for hydroxylation is 2. The van der Waals surface area contributed by atoms with Crippen molar-refractivity contribution in [1.82, 2.24) is 4.98 Å². The number of nitrogens with zero attached hydrogens (tertiary/aromatic N) is 3. The van der Waals surface area contributed by atoms with Crippen molar-refractivity contribution in [2.75, 3.05) is 11.4 Å². The third-order valence-electron chi connectivity index (χ3n) is 4.27. The predicted octanol–water partition coefficient (Wildman–Crippen LogP) is 2.82. The summed E-state index contributed by atoms with van der Waals surface area (Å²) >= 11 is 0. The monoisotopic (exact) mass is 241 g/mol. The molecule has 0 saturated carbocycles. The number of fused-ring (bicyclic) bond motifs is 1. The van der Waals surface area contributed by atoms with Crippen LogP contribution < -0.4 is 4.90 Å². The molecule has 18 heavy (non-hydrogen) atoms. The Morgan fingerprint density at radius 3 is 3.11 bits per heavy atom. The van der Waals surface area contributed by atoms with E-state index in [1.54, 1.807) is 0 Å². The van der Waals surface area contributed by atoms with Crippen molar-refractivity contribution in [3.63, 3.8) is 0 Å². The number of rotatable bonds is 2. The average Bonchev–Trinajstić information content (AvgIpc) is 3.04. The molecule has 2 heterocycles. The third-order valence-corrected chi connectivity index (χ3v) is 4.27. The zero-order chi connectivity index (χ0) is 12.5. The topological polar surface area (TPSA) is 39.9 Å². The van der Waals surface area contributed by atoms with Gasteiger partial charge in [-0.25, -0.2) is 4.98 Å². The Kier molecular flexibility index (Phi) is 2.95. The van der Waals surface area contributed by atoms with Gasteiger partial charge in [0.05, 0.1) is 5.56 Å². The van der Waals surface area contributed by atoms with Crippen molar-refractivity contribution in [1.29, 1.82) is 5.26 Å². The van der Waals surface area contributed by atoms with Crippen LogP contribution in [0.2, 0.25) is 0 Å². The largest absolute Gasteiger partial charge is 0.353 e. The molecule has 0 amide bonds. The molecule has 1 saturated heterocycles. The minimum atomic E-state index is 0.573. The van der Waals surface area contributed by atoms with Gasteiger partial charge in [-0.05, 0) is 50.2 Å². The van der Waals surface area contributed by atoms with Gasteiger partial charge >= 0.3 is 0 Å². The maximum Gasteiger partial charge on any atom is 0.147 e. The number of hydrogen-bond acceptors (Lipinski definition) is 3. The Bertz CT molecular complexity index is 501. The lowest BCUT2D eigenvalue weighted by Gasteiger charge is -2.26. The van der Waals surface area contributed by atoms with E-state index in [0.717, 1.165) is 37.2 Å². The van der Waals surface area contributed by atoms with Crippen molar-refractivity contribution in [3.8, 4) is 6.07 Å². The van der Waals surface area contributed by atoms with E-state index in [9.17, 15) is 5.26 Å². The zero-order valence-electron chi connectivity index (χ0n) is 10.9. The van der Waals surface area contributed by atoms with Gasteiger partial charge in [-0.15, -0.1) is 0 Å². The molecule has 0 aromatic carbocycles. The molecule has 1 aromatic heterocycles. The van der Waals surface area contributed by atoms with E-state index in [1.165, 1.54) is 30.5 Å². The Morgan fingerprint density at radius 2 is 2.33 bits per heavy atom. The van der Waals surface area contributed by atoms with Crippen LogP contribution in [0.1, 0.15) is 49.4 Å². The van der Waals surface area contributed by atoms with E-state index in [0.29, 0.717) is 6.04 Å². The van der Waals surface area contributed by atoms with Crippen molar-refractivity contribution >= 4 is 5.82 Å². The first-order chi connectivity index (χ1) is 8.83. The number of hydrogen-bond donors (Lipinski definition) is 0. The van der Waals surface area contributed by atoms with Gasteiger partial charge in [0.1, 0.15) is 11.9 Å². The molecule has 3 heteroatoms. The highest BCUT2D eigenvalue weighted by Crippen LogP contribution is 2.32. The van der Waals surface area contributed by atoms with Crippen LogP contribution in [-0.2, 0) is 12.8 Å². The minimum Gasteiger partial charge on any atom is -0.353 e. The predicted molar refractivity (Wildman–Crippen MR) is 71.6 cm³/mol.